The molecule has 0 unspecified atom stereocenters. The fraction of sp³-hybridized carbons (Fsp3) is 0.714. The van der Waals surface area contributed by atoms with Gasteiger partial charge in [0.1, 0.15) is 11.0 Å². The van der Waals surface area contributed by atoms with Crippen molar-refractivity contribution < 1.29 is 5.11 Å². The molecule has 1 nitrogen and oxygen atoms in total. The summed E-state index contributed by atoms with van der Waals surface area (Å²) in [5.74, 6) is 2.53. The van der Waals surface area contributed by atoms with Gasteiger partial charge in [-0.25, -0.2) is 0 Å². The second kappa shape index (κ2) is 3.63. The Morgan fingerprint density at radius 2 is 1.89 bits per heavy atom. The molecule has 0 radical (unpaired) electrons. The first-order valence-corrected chi connectivity index (χ1v) is 3.41. The van der Waals surface area contributed by atoms with Gasteiger partial charge in [0.25, 0.3) is 0 Å². The molecule has 0 saturated heterocycles. The molecular weight excluding hydrogens is 136 g/mol. The molecule has 0 atom stereocenters. The van der Waals surface area contributed by atoms with Crippen molar-refractivity contribution in [1.82, 2.24) is 0 Å². The van der Waals surface area contributed by atoms with Crippen LogP contribution in [0.5, 0.6) is 0 Å². The standard InChI is InChI=1S/C7H11ClO/c1-3-7(8,4-2)5-6-9/h9H,3-4H2,1-2H3. The van der Waals surface area contributed by atoms with E-state index in [1.54, 1.807) is 0 Å². The fourth-order valence-corrected chi connectivity index (χ4v) is 0.569. The first-order chi connectivity index (χ1) is 4.18. The van der Waals surface area contributed by atoms with Crippen LogP contribution >= 0.6 is 11.6 Å². The van der Waals surface area contributed by atoms with Crippen molar-refractivity contribution in [2.24, 2.45) is 0 Å². The van der Waals surface area contributed by atoms with Crippen LogP contribution in [0.15, 0.2) is 0 Å². The first-order valence-electron chi connectivity index (χ1n) is 3.03. The Labute approximate surface area is 61.0 Å². The molecule has 0 amide bonds. The summed E-state index contributed by atoms with van der Waals surface area (Å²) >= 11 is 5.87. The normalized spacial score (nSPS) is 10.1. The molecule has 0 rings (SSSR count). The van der Waals surface area contributed by atoms with Crippen molar-refractivity contribution >= 4 is 11.6 Å². The summed E-state index contributed by atoms with van der Waals surface area (Å²) in [7, 11) is 0. The van der Waals surface area contributed by atoms with E-state index in [-0.39, 0.29) is 0 Å². The molecule has 0 saturated carbocycles. The van der Waals surface area contributed by atoms with Crippen LogP contribution in [-0.4, -0.2) is 9.98 Å². The van der Waals surface area contributed by atoms with E-state index in [9.17, 15) is 0 Å². The smallest absolute Gasteiger partial charge is 0.109 e. The summed E-state index contributed by atoms with van der Waals surface area (Å²) in [4.78, 5) is -0.505. The molecule has 0 spiro atoms. The number of hydrogen-bond donors (Lipinski definition) is 1. The Morgan fingerprint density at radius 3 is 2.00 bits per heavy atom. The number of rotatable bonds is 2. The van der Waals surface area contributed by atoms with E-state index in [0.717, 1.165) is 12.8 Å². The van der Waals surface area contributed by atoms with Gasteiger partial charge in [0.2, 0.25) is 0 Å². The number of aliphatic hydroxyl groups is 1. The van der Waals surface area contributed by atoms with Crippen molar-refractivity contribution in [2.45, 2.75) is 31.6 Å². The molecule has 0 aromatic rings. The van der Waals surface area contributed by atoms with Crippen LogP contribution in [0.2, 0.25) is 0 Å². The van der Waals surface area contributed by atoms with Gasteiger partial charge in [0.15, 0.2) is 0 Å². The Kier molecular flexibility index (Phi) is 3.49. The average molecular weight is 147 g/mol. The van der Waals surface area contributed by atoms with Crippen LogP contribution < -0.4 is 0 Å². The second-order valence-electron chi connectivity index (χ2n) is 1.91. The second-order valence-corrected chi connectivity index (χ2v) is 2.63. The maximum Gasteiger partial charge on any atom is 0.109 e. The van der Waals surface area contributed by atoms with E-state index in [1.165, 1.54) is 0 Å². The van der Waals surface area contributed by atoms with Gasteiger partial charge in [-0.2, -0.15) is 0 Å². The van der Waals surface area contributed by atoms with E-state index >= 15 is 0 Å². The number of aliphatic hydroxyl groups excluding tert-OH is 1. The highest BCUT2D eigenvalue weighted by Gasteiger charge is 2.18. The topological polar surface area (TPSA) is 20.2 Å². The lowest BCUT2D eigenvalue weighted by molar-refractivity contribution is 0.512. The lowest BCUT2D eigenvalue weighted by Gasteiger charge is -2.14. The molecule has 2 heteroatoms. The molecule has 52 valence electrons. The maximum absolute atomic E-state index is 8.22. The number of hydrogen-bond acceptors (Lipinski definition) is 1. The minimum atomic E-state index is -0.505. The van der Waals surface area contributed by atoms with Crippen molar-refractivity contribution in [3.63, 3.8) is 0 Å². The zero-order valence-electron chi connectivity index (χ0n) is 5.74. The van der Waals surface area contributed by atoms with Crippen LogP contribution in [0, 0.1) is 12.0 Å². The average Bonchev–Trinajstić information content (AvgIpc) is 1.89. The van der Waals surface area contributed by atoms with Gasteiger partial charge in [0, 0.05) is 0 Å². The Balaban J connectivity index is 4.03. The Bertz CT molecular complexity index is 128. The maximum atomic E-state index is 8.22. The third kappa shape index (κ3) is 2.62. The molecule has 0 bridgehead atoms. The van der Waals surface area contributed by atoms with Gasteiger partial charge in [-0.05, 0) is 18.8 Å². The van der Waals surface area contributed by atoms with Gasteiger partial charge < -0.3 is 5.11 Å². The molecule has 0 aliphatic rings. The highest BCUT2D eigenvalue weighted by atomic mass is 35.5. The molecule has 9 heavy (non-hydrogen) atoms. The SMILES string of the molecule is CCC(Cl)(C#CO)CC. The van der Waals surface area contributed by atoms with Crippen molar-refractivity contribution in [3.8, 4) is 12.0 Å². The number of halogens is 1. The predicted octanol–water partition coefficient (Wildman–Crippen LogP) is 2.12. The minimum Gasteiger partial charge on any atom is -0.462 e. The van der Waals surface area contributed by atoms with Crippen LogP contribution in [0.4, 0.5) is 0 Å². The summed E-state index contributed by atoms with van der Waals surface area (Å²) in [5, 5.41) is 8.22. The van der Waals surface area contributed by atoms with Crippen LogP contribution in [0.3, 0.4) is 0 Å². The van der Waals surface area contributed by atoms with E-state index in [2.05, 4.69) is 5.92 Å². The summed E-state index contributed by atoms with van der Waals surface area (Å²) < 4.78 is 0. The van der Waals surface area contributed by atoms with Gasteiger partial charge in [-0.1, -0.05) is 13.8 Å². The molecule has 0 aliphatic heterocycles. The van der Waals surface area contributed by atoms with E-state index in [0.29, 0.717) is 0 Å². The van der Waals surface area contributed by atoms with Gasteiger partial charge >= 0.3 is 0 Å². The van der Waals surface area contributed by atoms with Gasteiger partial charge in [0.05, 0.1) is 0 Å². The number of alkyl halides is 1. The quantitative estimate of drug-likeness (QED) is 0.468. The monoisotopic (exact) mass is 146 g/mol. The molecule has 0 aromatic carbocycles. The highest BCUT2D eigenvalue weighted by molar-refractivity contribution is 6.25. The van der Waals surface area contributed by atoms with Crippen LogP contribution in [0.1, 0.15) is 26.7 Å². The fourth-order valence-electron chi connectivity index (χ4n) is 0.527. The molecule has 1 N–H and O–H groups in total. The Hall–Kier alpha value is -0.350. The lowest BCUT2D eigenvalue weighted by Crippen LogP contribution is -2.15. The third-order valence-electron chi connectivity index (χ3n) is 1.40. The summed E-state index contributed by atoms with van der Waals surface area (Å²) in [5.41, 5.74) is 0. The molecule has 0 aromatic heterocycles. The lowest BCUT2D eigenvalue weighted by atomic mass is 10.0. The predicted molar refractivity (Wildman–Crippen MR) is 38.9 cm³/mol. The van der Waals surface area contributed by atoms with Crippen LogP contribution in [0.25, 0.3) is 0 Å². The Morgan fingerprint density at radius 1 is 1.44 bits per heavy atom. The molecule has 0 aliphatic carbocycles. The zero-order valence-corrected chi connectivity index (χ0v) is 6.50. The zero-order chi connectivity index (χ0) is 7.33. The van der Waals surface area contributed by atoms with Gasteiger partial charge in [-0.3, -0.25) is 0 Å². The summed E-state index contributed by atoms with van der Waals surface area (Å²) in [6.07, 6.45) is 3.35. The summed E-state index contributed by atoms with van der Waals surface area (Å²) in [6.45, 7) is 3.89. The van der Waals surface area contributed by atoms with Crippen molar-refractivity contribution in [3.05, 3.63) is 0 Å². The third-order valence-corrected chi connectivity index (χ3v) is 2.03. The van der Waals surface area contributed by atoms with Crippen molar-refractivity contribution in [2.75, 3.05) is 0 Å². The van der Waals surface area contributed by atoms with Crippen LogP contribution in [-0.2, 0) is 0 Å². The minimum absolute atomic E-state index is 0.505. The largest absolute Gasteiger partial charge is 0.462 e. The molecule has 0 fully saturated rings. The summed E-state index contributed by atoms with van der Waals surface area (Å²) in [6, 6.07) is 0. The molecular formula is C7H11ClO. The van der Waals surface area contributed by atoms with E-state index in [1.807, 2.05) is 20.0 Å². The molecule has 0 heterocycles. The first kappa shape index (κ1) is 8.65. The van der Waals surface area contributed by atoms with Crippen molar-refractivity contribution in [1.29, 1.82) is 0 Å². The van der Waals surface area contributed by atoms with Gasteiger partial charge in [-0.15, -0.1) is 11.6 Å². The van der Waals surface area contributed by atoms with E-state index < -0.39 is 4.87 Å². The highest BCUT2D eigenvalue weighted by Crippen LogP contribution is 2.21. The van der Waals surface area contributed by atoms with E-state index in [4.69, 9.17) is 16.7 Å².